The molecule has 5 nitrogen and oxygen atoms in total. The summed E-state index contributed by atoms with van der Waals surface area (Å²) in [5.41, 5.74) is 6.11. The van der Waals surface area contributed by atoms with Crippen molar-refractivity contribution in [3.05, 3.63) is 57.5 Å². The second-order valence-corrected chi connectivity index (χ2v) is 5.26. The van der Waals surface area contributed by atoms with Crippen LogP contribution >= 0.6 is 0 Å². The predicted octanol–water partition coefficient (Wildman–Crippen LogP) is 3.26. The van der Waals surface area contributed by atoms with Gasteiger partial charge < -0.3 is 0 Å². The number of unbranched alkanes of at least 4 members (excludes halogenated alkanes) is 1. The van der Waals surface area contributed by atoms with Gasteiger partial charge in [0.15, 0.2) is 0 Å². The fraction of sp³-hybridized carbons (Fsp3) is 0.353. The Balaban J connectivity index is 2.16. The monoisotopic (exact) mass is 298 g/mol. The molecule has 0 atom stereocenters. The third kappa shape index (κ3) is 4.04. The number of hydrazone groups is 1. The molecule has 0 fully saturated rings. The number of hydrogen-bond acceptors (Lipinski definition) is 4. The minimum atomic E-state index is -0.0870. The smallest absolute Gasteiger partial charge is 0.255 e. The van der Waals surface area contributed by atoms with Crippen molar-refractivity contribution in [2.24, 2.45) is 5.10 Å². The van der Waals surface area contributed by atoms with Crippen LogP contribution < -0.4 is 11.0 Å². The van der Waals surface area contributed by atoms with Crippen molar-refractivity contribution in [1.82, 2.24) is 9.97 Å². The van der Waals surface area contributed by atoms with Gasteiger partial charge in [0, 0.05) is 11.3 Å². The number of aryl methyl sites for hydroxylation is 1. The quantitative estimate of drug-likeness (QED) is 0.635. The molecule has 0 saturated heterocycles. The second-order valence-electron chi connectivity index (χ2n) is 5.26. The zero-order valence-corrected chi connectivity index (χ0v) is 13.3. The summed E-state index contributed by atoms with van der Waals surface area (Å²) < 4.78 is 0. The van der Waals surface area contributed by atoms with E-state index in [1.54, 1.807) is 0 Å². The van der Waals surface area contributed by atoms with E-state index < -0.39 is 0 Å². The fourth-order valence-electron chi connectivity index (χ4n) is 2.19. The fourth-order valence-corrected chi connectivity index (χ4v) is 2.19. The topological polar surface area (TPSA) is 70.1 Å². The maximum atomic E-state index is 12.1. The van der Waals surface area contributed by atoms with Gasteiger partial charge >= 0.3 is 0 Å². The maximum absolute atomic E-state index is 12.1. The predicted molar refractivity (Wildman–Crippen MR) is 90.5 cm³/mol. The third-order valence-electron chi connectivity index (χ3n) is 3.52. The number of rotatable bonds is 6. The molecule has 0 unspecified atom stereocenters. The summed E-state index contributed by atoms with van der Waals surface area (Å²) in [4.78, 5) is 19.2. The average molecular weight is 298 g/mol. The van der Waals surface area contributed by atoms with Gasteiger partial charge in [-0.3, -0.25) is 9.78 Å². The average Bonchev–Trinajstić information content (AvgIpc) is 2.52. The van der Waals surface area contributed by atoms with Gasteiger partial charge in [-0.05, 0) is 32.3 Å². The summed E-state index contributed by atoms with van der Waals surface area (Å²) in [7, 11) is 0. The highest BCUT2D eigenvalue weighted by Gasteiger charge is 2.07. The van der Waals surface area contributed by atoms with Crippen LogP contribution in [0.15, 0.2) is 40.2 Å². The first-order valence-electron chi connectivity index (χ1n) is 7.57. The SMILES string of the molecule is CCCCc1c(C)nc(N/N=C(\C)c2ccccc2)[nH]c1=O. The van der Waals surface area contributed by atoms with Crippen LogP contribution in [0.3, 0.4) is 0 Å². The number of H-pyrrole nitrogens is 1. The molecule has 1 aromatic heterocycles. The molecule has 22 heavy (non-hydrogen) atoms. The third-order valence-corrected chi connectivity index (χ3v) is 3.52. The van der Waals surface area contributed by atoms with Crippen LogP contribution in [0, 0.1) is 6.92 Å². The van der Waals surface area contributed by atoms with Crippen LogP contribution in [0.5, 0.6) is 0 Å². The van der Waals surface area contributed by atoms with Crippen molar-refractivity contribution in [3.8, 4) is 0 Å². The van der Waals surface area contributed by atoms with Crippen LogP contribution in [0.4, 0.5) is 5.95 Å². The Morgan fingerprint density at radius 2 is 2.05 bits per heavy atom. The van der Waals surface area contributed by atoms with Gasteiger partial charge in [-0.15, -0.1) is 0 Å². The van der Waals surface area contributed by atoms with E-state index in [0.717, 1.165) is 41.8 Å². The molecule has 2 N–H and O–H groups in total. The summed E-state index contributed by atoms with van der Waals surface area (Å²) >= 11 is 0. The van der Waals surface area contributed by atoms with Gasteiger partial charge in [-0.2, -0.15) is 5.10 Å². The zero-order valence-electron chi connectivity index (χ0n) is 13.3. The first kappa shape index (κ1) is 15.9. The zero-order chi connectivity index (χ0) is 15.9. The summed E-state index contributed by atoms with van der Waals surface area (Å²) in [5, 5.41) is 4.27. The molecule has 1 aromatic carbocycles. The Labute approximate surface area is 130 Å². The van der Waals surface area contributed by atoms with E-state index in [0.29, 0.717) is 5.95 Å². The van der Waals surface area contributed by atoms with Crippen LogP contribution in [-0.2, 0) is 6.42 Å². The number of aromatic nitrogens is 2. The minimum Gasteiger partial charge on any atom is -0.291 e. The van der Waals surface area contributed by atoms with Gasteiger partial charge in [-0.1, -0.05) is 43.7 Å². The van der Waals surface area contributed by atoms with E-state index in [4.69, 9.17) is 0 Å². The summed E-state index contributed by atoms with van der Waals surface area (Å²) in [5.74, 6) is 0.373. The second kappa shape index (κ2) is 7.54. The first-order valence-corrected chi connectivity index (χ1v) is 7.57. The summed E-state index contributed by atoms with van der Waals surface area (Å²) in [6.07, 6.45) is 2.81. The molecular formula is C17H22N4O. The van der Waals surface area contributed by atoms with Crippen molar-refractivity contribution in [1.29, 1.82) is 0 Å². The lowest BCUT2D eigenvalue weighted by Gasteiger charge is -2.07. The van der Waals surface area contributed by atoms with Gasteiger partial charge in [0.1, 0.15) is 0 Å². The minimum absolute atomic E-state index is 0.0870. The van der Waals surface area contributed by atoms with Crippen molar-refractivity contribution >= 4 is 11.7 Å². The largest absolute Gasteiger partial charge is 0.291 e. The van der Waals surface area contributed by atoms with Crippen LogP contribution in [0.1, 0.15) is 43.5 Å². The number of hydrogen-bond donors (Lipinski definition) is 2. The molecule has 0 spiro atoms. The molecule has 0 bridgehead atoms. The molecule has 116 valence electrons. The van der Waals surface area contributed by atoms with Gasteiger partial charge in [0.2, 0.25) is 5.95 Å². The molecule has 2 aromatic rings. The lowest BCUT2D eigenvalue weighted by Crippen LogP contribution is -2.18. The molecular weight excluding hydrogens is 276 g/mol. The lowest BCUT2D eigenvalue weighted by molar-refractivity contribution is 0.774. The van der Waals surface area contributed by atoms with Gasteiger partial charge in [0.25, 0.3) is 5.56 Å². The van der Waals surface area contributed by atoms with E-state index in [9.17, 15) is 4.79 Å². The summed E-state index contributed by atoms with van der Waals surface area (Å²) in [6.45, 7) is 5.87. The lowest BCUT2D eigenvalue weighted by atomic mass is 10.1. The number of anilines is 1. The standard InChI is InChI=1S/C17H22N4O/c1-4-5-11-15-13(3)18-17(19-16(15)22)21-20-12(2)14-9-7-6-8-10-14/h6-10H,4-5,11H2,1-3H3,(H2,18,19,21,22)/b20-12+. The Hall–Kier alpha value is -2.43. The number of benzene rings is 1. The Morgan fingerprint density at radius 1 is 1.32 bits per heavy atom. The number of aromatic amines is 1. The molecule has 5 heteroatoms. The highest BCUT2D eigenvalue weighted by molar-refractivity contribution is 5.98. The highest BCUT2D eigenvalue weighted by atomic mass is 16.1. The van der Waals surface area contributed by atoms with Crippen molar-refractivity contribution in [2.45, 2.75) is 40.0 Å². The molecule has 0 aliphatic heterocycles. The molecule has 0 saturated carbocycles. The number of nitrogens with one attached hydrogen (secondary N) is 2. The molecule has 0 aliphatic carbocycles. The van der Waals surface area contributed by atoms with E-state index in [-0.39, 0.29) is 5.56 Å². The summed E-state index contributed by atoms with van der Waals surface area (Å²) in [6, 6.07) is 9.84. The van der Waals surface area contributed by atoms with Gasteiger partial charge in [-0.25, -0.2) is 10.4 Å². The first-order chi connectivity index (χ1) is 10.6. The normalized spacial score (nSPS) is 11.5. The number of nitrogens with zero attached hydrogens (tertiary/aromatic N) is 2. The van der Waals surface area contributed by atoms with Crippen molar-refractivity contribution < 1.29 is 0 Å². The highest BCUT2D eigenvalue weighted by Crippen LogP contribution is 2.07. The van der Waals surface area contributed by atoms with Crippen molar-refractivity contribution in [2.75, 3.05) is 5.43 Å². The molecule has 0 amide bonds. The maximum Gasteiger partial charge on any atom is 0.255 e. The molecule has 1 heterocycles. The Bertz CT molecular complexity index is 704. The van der Waals surface area contributed by atoms with E-state index in [1.165, 1.54) is 0 Å². The van der Waals surface area contributed by atoms with Crippen LogP contribution in [0.2, 0.25) is 0 Å². The Kier molecular flexibility index (Phi) is 5.47. The molecule has 0 radical (unpaired) electrons. The Morgan fingerprint density at radius 3 is 2.68 bits per heavy atom. The van der Waals surface area contributed by atoms with Crippen LogP contribution in [0.25, 0.3) is 0 Å². The molecule has 0 aliphatic rings. The molecule has 2 rings (SSSR count). The van der Waals surface area contributed by atoms with E-state index >= 15 is 0 Å². The van der Waals surface area contributed by atoms with Crippen molar-refractivity contribution in [3.63, 3.8) is 0 Å². The van der Waals surface area contributed by atoms with Gasteiger partial charge in [0.05, 0.1) is 5.71 Å². The van der Waals surface area contributed by atoms with E-state index in [1.807, 2.05) is 44.2 Å². The van der Waals surface area contributed by atoms with E-state index in [2.05, 4.69) is 27.4 Å². The van der Waals surface area contributed by atoms with Crippen LogP contribution in [-0.4, -0.2) is 15.7 Å².